The molecule has 0 radical (unpaired) electrons. The average molecular weight is 346 g/mol. The first-order valence-electron chi connectivity index (χ1n) is 9.85. The summed E-state index contributed by atoms with van der Waals surface area (Å²) in [5.74, 6) is 1.27. The van der Waals surface area contributed by atoms with Gasteiger partial charge in [0.1, 0.15) is 6.10 Å². The van der Waals surface area contributed by atoms with Crippen LogP contribution in [0.4, 0.5) is 0 Å². The van der Waals surface area contributed by atoms with Crippen molar-refractivity contribution < 1.29 is 19.4 Å². The largest absolute Gasteiger partial charge is 0.462 e. The van der Waals surface area contributed by atoms with E-state index >= 15 is 0 Å². The first kappa shape index (κ1) is 17.3. The number of ketones is 1. The molecule has 138 valence electrons. The fraction of sp³-hybridized carbons (Fsp3) is 0.810. The van der Waals surface area contributed by atoms with E-state index in [0.717, 1.165) is 32.1 Å². The van der Waals surface area contributed by atoms with Crippen molar-refractivity contribution in [2.24, 2.45) is 28.6 Å². The van der Waals surface area contributed by atoms with Gasteiger partial charge in [-0.05, 0) is 55.4 Å². The van der Waals surface area contributed by atoms with Crippen molar-refractivity contribution in [3.05, 3.63) is 11.6 Å². The van der Waals surface area contributed by atoms with Crippen LogP contribution in [-0.2, 0) is 14.3 Å². The van der Waals surface area contributed by atoms with Crippen LogP contribution in [0.1, 0.15) is 65.7 Å². The predicted molar refractivity (Wildman–Crippen MR) is 93.7 cm³/mol. The highest BCUT2D eigenvalue weighted by Gasteiger charge is 2.62. The van der Waals surface area contributed by atoms with E-state index in [9.17, 15) is 14.7 Å². The van der Waals surface area contributed by atoms with Crippen LogP contribution in [0.15, 0.2) is 11.6 Å². The lowest BCUT2D eigenvalue weighted by atomic mass is 9.47. The maximum absolute atomic E-state index is 11.9. The molecule has 1 N–H and O–H groups in total. The molecule has 4 nitrogen and oxygen atoms in total. The predicted octanol–water partition coefficient (Wildman–Crippen LogP) is 3.42. The second-order valence-corrected chi connectivity index (χ2v) is 9.33. The summed E-state index contributed by atoms with van der Waals surface area (Å²) in [6.45, 7) is 6.01. The first-order valence-corrected chi connectivity index (χ1v) is 9.85. The smallest absolute Gasteiger partial charge is 0.302 e. The van der Waals surface area contributed by atoms with E-state index in [1.54, 1.807) is 0 Å². The van der Waals surface area contributed by atoms with Gasteiger partial charge in [-0.15, -0.1) is 0 Å². The van der Waals surface area contributed by atoms with Crippen molar-refractivity contribution in [3.63, 3.8) is 0 Å². The summed E-state index contributed by atoms with van der Waals surface area (Å²) >= 11 is 0. The number of rotatable bonds is 1. The zero-order chi connectivity index (χ0) is 18.0. The highest BCUT2D eigenvalue weighted by molar-refractivity contribution is 5.91. The minimum Gasteiger partial charge on any atom is -0.462 e. The number of aliphatic hydroxyl groups is 1. The van der Waals surface area contributed by atoms with Gasteiger partial charge in [0, 0.05) is 31.1 Å². The van der Waals surface area contributed by atoms with E-state index in [4.69, 9.17) is 4.74 Å². The molecule has 4 aliphatic carbocycles. The summed E-state index contributed by atoms with van der Waals surface area (Å²) in [6, 6.07) is 0. The van der Waals surface area contributed by atoms with Crippen LogP contribution in [0.2, 0.25) is 0 Å². The molecule has 4 aliphatic rings. The van der Waals surface area contributed by atoms with E-state index in [0.29, 0.717) is 24.7 Å². The highest BCUT2D eigenvalue weighted by Crippen LogP contribution is 2.65. The fourth-order valence-corrected chi connectivity index (χ4v) is 6.90. The third-order valence-corrected chi connectivity index (χ3v) is 8.19. The molecule has 0 spiro atoms. The maximum Gasteiger partial charge on any atom is 0.302 e. The van der Waals surface area contributed by atoms with E-state index < -0.39 is 0 Å². The van der Waals surface area contributed by atoms with Gasteiger partial charge in [0.25, 0.3) is 0 Å². The summed E-state index contributed by atoms with van der Waals surface area (Å²) in [5.41, 5.74) is 1.30. The van der Waals surface area contributed by atoms with Gasteiger partial charge >= 0.3 is 5.97 Å². The van der Waals surface area contributed by atoms with Crippen molar-refractivity contribution in [1.82, 2.24) is 0 Å². The van der Waals surface area contributed by atoms with Crippen LogP contribution < -0.4 is 0 Å². The zero-order valence-electron chi connectivity index (χ0n) is 15.6. The fourth-order valence-electron chi connectivity index (χ4n) is 6.90. The molecule has 3 saturated carbocycles. The SMILES string of the molecule is CC(=O)O[C@H]1C[C@H](O)[C@@]2(C)CC[C@H]3[C@@H](CCC4=CC(=O)CC[C@@]43C)[C@H]12. The molecule has 0 amide bonds. The highest BCUT2D eigenvalue weighted by atomic mass is 16.5. The van der Waals surface area contributed by atoms with Gasteiger partial charge in [0.15, 0.2) is 5.78 Å². The monoisotopic (exact) mass is 346 g/mol. The topological polar surface area (TPSA) is 63.6 Å². The Bertz CT molecular complexity index is 638. The molecule has 25 heavy (non-hydrogen) atoms. The van der Waals surface area contributed by atoms with Crippen LogP contribution in [0, 0.1) is 28.6 Å². The van der Waals surface area contributed by atoms with Crippen LogP contribution in [0.5, 0.6) is 0 Å². The Morgan fingerprint density at radius 3 is 2.72 bits per heavy atom. The Labute approximate surface area is 150 Å². The molecule has 0 aromatic rings. The molecule has 0 unspecified atom stereocenters. The normalized spacial score (nSPS) is 48.9. The molecule has 4 rings (SSSR count). The van der Waals surface area contributed by atoms with Gasteiger partial charge in [0.05, 0.1) is 6.10 Å². The quantitative estimate of drug-likeness (QED) is 0.739. The minimum absolute atomic E-state index is 0.104. The van der Waals surface area contributed by atoms with Gasteiger partial charge in [-0.2, -0.15) is 0 Å². The Kier molecular flexibility index (Phi) is 3.91. The summed E-state index contributed by atoms with van der Waals surface area (Å²) in [6.07, 6.45) is 7.64. The Morgan fingerprint density at radius 1 is 1.24 bits per heavy atom. The van der Waals surface area contributed by atoms with E-state index in [2.05, 4.69) is 13.8 Å². The van der Waals surface area contributed by atoms with Gasteiger partial charge in [-0.1, -0.05) is 19.4 Å². The molecule has 4 heteroatoms. The van der Waals surface area contributed by atoms with Crippen molar-refractivity contribution >= 4 is 11.8 Å². The Morgan fingerprint density at radius 2 is 2.00 bits per heavy atom. The van der Waals surface area contributed by atoms with Gasteiger partial charge < -0.3 is 9.84 Å². The summed E-state index contributed by atoms with van der Waals surface area (Å²) < 4.78 is 5.68. The van der Waals surface area contributed by atoms with Gasteiger partial charge in [-0.3, -0.25) is 9.59 Å². The van der Waals surface area contributed by atoms with E-state index in [1.807, 2.05) is 6.08 Å². The van der Waals surface area contributed by atoms with Gasteiger partial charge in [0.2, 0.25) is 0 Å². The number of carbonyl (C=O) groups excluding carboxylic acids is 2. The molecule has 0 saturated heterocycles. The van der Waals surface area contributed by atoms with Crippen molar-refractivity contribution in [1.29, 1.82) is 0 Å². The van der Waals surface area contributed by atoms with E-state index in [-0.39, 0.29) is 40.7 Å². The summed E-state index contributed by atoms with van der Waals surface area (Å²) in [4.78, 5) is 23.5. The molecule has 7 atom stereocenters. The van der Waals surface area contributed by atoms with Crippen LogP contribution >= 0.6 is 0 Å². The molecular weight excluding hydrogens is 316 g/mol. The maximum atomic E-state index is 11.9. The second kappa shape index (κ2) is 5.67. The number of hydrogen-bond acceptors (Lipinski definition) is 4. The summed E-state index contributed by atoms with van der Waals surface area (Å²) in [7, 11) is 0. The molecule has 3 fully saturated rings. The number of aliphatic hydroxyl groups excluding tert-OH is 1. The van der Waals surface area contributed by atoms with Crippen molar-refractivity contribution in [2.45, 2.75) is 77.9 Å². The van der Waals surface area contributed by atoms with Gasteiger partial charge in [-0.25, -0.2) is 0 Å². The van der Waals surface area contributed by atoms with Crippen molar-refractivity contribution in [2.75, 3.05) is 0 Å². The molecule has 0 heterocycles. The molecule has 0 aliphatic heterocycles. The van der Waals surface area contributed by atoms with E-state index in [1.165, 1.54) is 12.5 Å². The number of ether oxygens (including phenoxy) is 1. The van der Waals surface area contributed by atoms with Crippen LogP contribution in [0.3, 0.4) is 0 Å². The number of esters is 1. The third-order valence-electron chi connectivity index (χ3n) is 8.19. The average Bonchev–Trinajstić information content (AvgIpc) is 2.78. The number of allylic oxidation sites excluding steroid dienone is 1. The first-order chi connectivity index (χ1) is 11.8. The van der Waals surface area contributed by atoms with Crippen LogP contribution in [-0.4, -0.2) is 29.1 Å². The Balaban J connectivity index is 1.69. The number of fused-ring (bicyclic) bond motifs is 5. The van der Waals surface area contributed by atoms with Crippen molar-refractivity contribution in [3.8, 4) is 0 Å². The number of hydrogen-bond donors (Lipinski definition) is 1. The lowest BCUT2D eigenvalue weighted by molar-refractivity contribution is -0.155. The molecule has 0 aromatic carbocycles. The lowest BCUT2D eigenvalue weighted by Gasteiger charge is -2.58. The molecule has 0 aromatic heterocycles. The zero-order valence-corrected chi connectivity index (χ0v) is 15.6. The standard InChI is InChI=1S/C21H30O4/c1-12(22)25-17-11-18(24)21(3)9-7-16-15(19(17)21)5-4-13-10-14(23)6-8-20(13,16)2/h10,15-19,24H,4-9,11H2,1-3H3/t15-,16+,17+,18+,19-,20+,21-/m1/s1. The third kappa shape index (κ3) is 2.43. The lowest BCUT2D eigenvalue weighted by Crippen LogP contribution is -2.53. The molecular formula is C21H30O4. The Hall–Kier alpha value is -1.16. The minimum atomic E-state index is -0.388. The molecule has 0 bridgehead atoms. The second-order valence-electron chi connectivity index (χ2n) is 9.33. The van der Waals surface area contributed by atoms with Crippen LogP contribution in [0.25, 0.3) is 0 Å². The summed E-state index contributed by atoms with van der Waals surface area (Å²) in [5, 5.41) is 10.7. The number of carbonyl (C=O) groups is 2.